The highest BCUT2D eigenvalue weighted by Crippen LogP contribution is 2.34. The predicted octanol–water partition coefficient (Wildman–Crippen LogP) is 4.90. The summed E-state index contributed by atoms with van der Waals surface area (Å²) >= 11 is 6.10. The molecule has 0 fully saturated rings. The zero-order valence-corrected chi connectivity index (χ0v) is 14.1. The number of benzene rings is 1. The van der Waals surface area contributed by atoms with Crippen LogP contribution in [0, 0.1) is 6.92 Å². The number of nitrogens with one attached hydrogen (secondary N) is 1. The molecule has 0 amide bonds. The Morgan fingerprint density at radius 1 is 1.24 bits per heavy atom. The molecule has 1 heterocycles. The van der Waals surface area contributed by atoms with E-state index in [9.17, 15) is 18.0 Å². The van der Waals surface area contributed by atoms with Crippen molar-refractivity contribution in [3.63, 3.8) is 0 Å². The van der Waals surface area contributed by atoms with Crippen LogP contribution in [0.25, 0.3) is 5.69 Å². The molecule has 1 aromatic carbocycles. The Balaban J connectivity index is 2.03. The number of rotatable bonds is 3. The van der Waals surface area contributed by atoms with Gasteiger partial charge in [0, 0.05) is 24.3 Å². The van der Waals surface area contributed by atoms with E-state index in [0.29, 0.717) is 30.1 Å². The minimum absolute atomic E-state index is 0.0219. The molecule has 0 radical (unpaired) electrons. The first-order chi connectivity index (χ1) is 11.7. The molecule has 0 saturated heterocycles. The van der Waals surface area contributed by atoms with Gasteiger partial charge in [0.25, 0.3) is 0 Å². The molecule has 0 aliphatic heterocycles. The number of hydrogen-bond donors (Lipinski definition) is 1. The summed E-state index contributed by atoms with van der Waals surface area (Å²) in [4.78, 5) is 11.5. The van der Waals surface area contributed by atoms with Gasteiger partial charge in [0.15, 0.2) is 5.78 Å². The number of anilines is 1. The van der Waals surface area contributed by atoms with Crippen molar-refractivity contribution in [1.29, 1.82) is 0 Å². The number of nitrogens with zero attached hydrogens (tertiary/aromatic N) is 2. The highest BCUT2D eigenvalue weighted by atomic mass is 35.5. The summed E-state index contributed by atoms with van der Waals surface area (Å²) in [6, 6.07) is 4.78. The molecule has 25 heavy (non-hydrogen) atoms. The van der Waals surface area contributed by atoms with E-state index >= 15 is 0 Å². The zero-order chi connectivity index (χ0) is 18.2. The molecular formula is C17H15ClF3N3O. The lowest BCUT2D eigenvalue weighted by atomic mass is 10.0. The van der Waals surface area contributed by atoms with Crippen LogP contribution in [0.1, 0.15) is 30.5 Å². The largest absolute Gasteiger partial charge is 0.416 e. The molecule has 0 atom stereocenters. The average molecular weight is 370 g/mol. The molecule has 8 heteroatoms. The Morgan fingerprint density at radius 3 is 2.68 bits per heavy atom. The lowest BCUT2D eigenvalue weighted by Crippen LogP contribution is -2.13. The molecule has 132 valence electrons. The Hall–Kier alpha value is -2.28. The minimum atomic E-state index is -4.48. The van der Waals surface area contributed by atoms with Gasteiger partial charge in [-0.3, -0.25) is 4.79 Å². The van der Waals surface area contributed by atoms with E-state index in [1.165, 1.54) is 16.8 Å². The molecule has 0 spiro atoms. The van der Waals surface area contributed by atoms with Crippen LogP contribution in [-0.4, -0.2) is 15.6 Å². The fourth-order valence-electron chi connectivity index (χ4n) is 2.68. The van der Waals surface area contributed by atoms with E-state index in [4.69, 9.17) is 11.6 Å². The lowest BCUT2D eigenvalue weighted by molar-refractivity contribution is -0.137. The topological polar surface area (TPSA) is 46.9 Å². The van der Waals surface area contributed by atoms with Gasteiger partial charge in [-0.2, -0.15) is 18.3 Å². The lowest BCUT2D eigenvalue weighted by Gasteiger charge is -2.17. The van der Waals surface area contributed by atoms with Gasteiger partial charge in [-0.05, 0) is 38.0 Å². The van der Waals surface area contributed by atoms with Crippen molar-refractivity contribution in [2.75, 3.05) is 5.32 Å². The maximum atomic E-state index is 13.0. The van der Waals surface area contributed by atoms with Gasteiger partial charge < -0.3 is 5.32 Å². The Labute approximate surface area is 147 Å². The number of aromatic nitrogens is 2. The summed E-state index contributed by atoms with van der Waals surface area (Å²) in [6.07, 6.45) is -1.04. The van der Waals surface area contributed by atoms with Crippen LogP contribution < -0.4 is 5.32 Å². The summed E-state index contributed by atoms with van der Waals surface area (Å²) < 4.78 is 40.3. The molecule has 1 aromatic heterocycles. The van der Waals surface area contributed by atoms with Gasteiger partial charge in [0.2, 0.25) is 0 Å². The van der Waals surface area contributed by atoms with E-state index in [-0.39, 0.29) is 16.5 Å². The molecule has 1 aliphatic rings. The summed E-state index contributed by atoms with van der Waals surface area (Å²) in [6.45, 7) is 1.73. The maximum Gasteiger partial charge on any atom is 0.416 e. The second kappa shape index (κ2) is 6.55. The van der Waals surface area contributed by atoms with Crippen molar-refractivity contribution in [3.05, 3.63) is 52.3 Å². The van der Waals surface area contributed by atoms with E-state index in [1.54, 1.807) is 13.0 Å². The first-order valence-electron chi connectivity index (χ1n) is 7.68. The van der Waals surface area contributed by atoms with Crippen molar-refractivity contribution in [2.45, 2.75) is 32.4 Å². The number of ketones is 1. The quantitative estimate of drug-likeness (QED) is 0.836. The van der Waals surface area contributed by atoms with Gasteiger partial charge >= 0.3 is 6.18 Å². The number of alkyl halides is 3. The molecule has 3 rings (SSSR count). The van der Waals surface area contributed by atoms with E-state index in [0.717, 1.165) is 18.6 Å². The van der Waals surface area contributed by atoms with E-state index in [1.807, 2.05) is 0 Å². The highest BCUT2D eigenvalue weighted by molar-refractivity contribution is 6.32. The van der Waals surface area contributed by atoms with Crippen LogP contribution >= 0.6 is 11.6 Å². The number of allylic oxidation sites excluding steroid dienone is 2. The first-order valence-corrected chi connectivity index (χ1v) is 8.06. The SMILES string of the molecule is Cc1cc(NC2=CC(=O)CCC2)n(-c2cc(C(F)(F)F)ccc2Cl)n1. The molecule has 0 bridgehead atoms. The van der Waals surface area contributed by atoms with Gasteiger partial charge in [-0.25, -0.2) is 4.68 Å². The number of aryl methyl sites for hydroxylation is 1. The third-order valence-corrected chi connectivity index (χ3v) is 4.15. The molecule has 0 unspecified atom stereocenters. The molecule has 1 aliphatic carbocycles. The normalized spacial score (nSPS) is 15.2. The van der Waals surface area contributed by atoms with Gasteiger partial charge in [-0.1, -0.05) is 11.6 Å². The fraction of sp³-hybridized carbons (Fsp3) is 0.294. The Morgan fingerprint density at radius 2 is 2.00 bits per heavy atom. The van der Waals surface area contributed by atoms with Crippen LogP contribution in [0.5, 0.6) is 0 Å². The minimum Gasteiger partial charge on any atom is -0.344 e. The highest BCUT2D eigenvalue weighted by Gasteiger charge is 2.31. The molecule has 2 aromatic rings. The van der Waals surface area contributed by atoms with Gasteiger partial charge in [0.05, 0.1) is 22.0 Å². The fourth-order valence-corrected chi connectivity index (χ4v) is 2.88. The predicted molar refractivity (Wildman–Crippen MR) is 88.9 cm³/mol. The maximum absolute atomic E-state index is 13.0. The number of carbonyl (C=O) groups is 1. The monoisotopic (exact) mass is 369 g/mol. The Kier molecular flexibility index (Phi) is 4.60. The number of halogens is 4. The Bertz CT molecular complexity index is 855. The van der Waals surface area contributed by atoms with Crippen LogP contribution in [0.15, 0.2) is 36.0 Å². The van der Waals surface area contributed by atoms with Crippen LogP contribution in [0.2, 0.25) is 5.02 Å². The molecule has 4 nitrogen and oxygen atoms in total. The molecular weight excluding hydrogens is 355 g/mol. The van der Waals surface area contributed by atoms with Crippen LogP contribution in [0.3, 0.4) is 0 Å². The first kappa shape index (κ1) is 17.5. The van der Waals surface area contributed by atoms with E-state index < -0.39 is 11.7 Å². The summed E-state index contributed by atoms with van der Waals surface area (Å²) in [5.74, 6) is 0.480. The molecule has 0 saturated carbocycles. The summed E-state index contributed by atoms with van der Waals surface area (Å²) in [5.41, 5.74) is 0.632. The van der Waals surface area contributed by atoms with Crippen molar-refractivity contribution in [2.24, 2.45) is 0 Å². The standard InChI is InChI=1S/C17H15ClF3N3O/c1-10-7-16(22-12-3-2-4-13(25)9-12)24(23-10)15-8-11(17(19,20)21)5-6-14(15)18/h5-9,22H,2-4H2,1H3. The van der Waals surface area contributed by atoms with Gasteiger partial charge in [0.1, 0.15) is 5.82 Å². The van der Waals surface area contributed by atoms with Crippen molar-refractivity contribution < 1.29 is 18.0 Å². The summed E-state index contributed by atoms with van der Waals surface area (Å²) in [5, 5.41) is 7.47. The van der Waals surface area contributed by atoms with Crippen molar-refractivity contribution >= 4 is 23.2 Å². The van der Waals surface area contributed by atoms with Crippen LogP contribution in [-0.2, 0) is 11.0 Å². The smallest absolute Gasteiger partial charge is 0.344 e. The van der Waals surface area contributed by atoms with Crippen molar-refractivity contribution in [1.82, 2.24) is 9.78 Å². The number of carbonyl (C=O) groups excluding carboxylic acids is 1. The number of hydrogen-bond acceptors (Lipinski definition) is 3. The second-order valence-electron chi connectivity index (χ2n) is 5.86. The van der Waals surface area contributed by atoms with E-state index in [2.05, 4.69) is 10.4 Å². The summed E-state index contributed by atoms with van der Waals surface area (Å²) in [7, 11) is 0. The zero-order valence-electron chi connectivity index (χ0n) is 13.3. The second-order valence-corrected chi connectivity index (χ2v) is 6.27. The van der Waals surface area contributed by atoms with Gasteiger partial charge in [-0.15, -0.1) is 0 Å². The van der Waals surface area contributed by atoms with Crippen molar-refractivity contribution in [3.8, 4) is 5.69 Å². The third-order valence-electron chi connectivity index (χ3n) is 3.83. The molecule has 1 N–H and O–H groups in total. The van der Waals surface area contributed by atoms with Crippen LogP contribution in [0.4, 0.5) is 19.0 Å². The average Bonchev–Trinajstić information content (AvgIpc) is 2.87. The third kappa shape index (κ3) is 3.87.